The Morgan fingerprint density at radius 1 is 1.42 bits per heavy atom. The van der Waals surface area contributed by atoms with Gasteiger partial charge >= 0.3 is 6.09 Å². The van der Waals surface area contributed by atoms with Gasteiger partial charge in [0, 0.05) is 19.5 Å². The van der Waals surface area contributed by atoms with Gasteiger partial charge in [-0.05, 0) is 25.9 Å². The molecule has 19 heavy (non-hydrogen) atoms. The molecule has 2 fully saturated rings. The molecular weight excluding hydrogens is 253 g/mol. The van der Waals surface area contributed by atoms with Crippen LogP contribution in [0.4, 0.5) is 9.18 Å². The summed E-state index contributed by atoms with van der Waals surface area (Å²) in [6.45, 7) is 2.26. The Balaban J connectivity index is 1.83. The molecule has 0 aromatic rings. The maximum Gasteiger partial charge on any atom is 0.408 e. The molecule has 2 saturated heterocycles. The summed E-state index contributed by atoms with van der Waals surface area (Å²) in [6.07, 6.45) is -1.50. The second kappa shape index (κ2) is 5.73. The number of nitrogens with one attached hydrogen (secondary N) is 1. The Hall–Kier alpha value is -1.37. The quantitative estimate of drug-likeness (QED) is 0.767. The van der Waals surface area contributed by atoms with Gasteiger partial charge < -0.3 is 15.3 Å². The van der Waals surface area contributed by atoms with E-state index in [1.54, 1.807) is 0 Å². The van der Waals surface area contributed by atoms with Crippen molar-refractivity contribution in [3.63, 3.8) is 0 Å². The summed E-state index contributed by atoms with van der Waals surface area (Å²) in [5.41, 5.74) is 0. The van der Waals surface area contributed by atoms with Crippen molar-refractivity contribution in [3.05, 3.63) is 0 Å². The summed E-state index contributed by atoms with van der Waals surface area (Å²) >= 11 is 0. The fraction of sp³-hybridized carbons (Fsp3) is 0.833. The lowest BCUT2D eigenvalue weighted by atomic mass is 10.1. The fourth-order valence-electron chi connectivity index (χ4n) is 2.80. The lowest BCUT2D eigenvalue weighted by Gasteiger charge is -2.21. The van der Waals surface area contributed by atoms with E-state index < -0.39 is 18.3 Å². The van der Waals surface area contributed by atoms with Crippen molar-refractivity contribution in [2.75, 3.05) is 33.2 Å². The highest BCUT2D eigenvalue weighted by Gasteiger charge is 2.40. The zero-order valence-corrected chi connectivity index (χ0v) is 11.0. The molecule has 2 heterocycles. The van der Waals surface area contributed by atoms with Crippen LogP contribution in [0.3, 0.4) is 0 Å². The first-order chi connectivity index (χ1) is 8.97. The van der Waals surface area contributed by atoms with Gasteiger partial charge in [0.15, 0.2) is 0 Å². The number of halogens is 1. The topological polar surface area (TPSA) is 72.9 Å². The van der Waals surface area contributed by atoms with Crippen LogP contribution in [0.25, 0.3) is 0 Å². The number of hydrogen-bond donors (Lipinski definition) is 2. The van der Waals surface area contributed by atoms with Crippen LogP contribution in [0.5, 0.6) is 0 Å². The summed E-state index contributed by atoms with van der Waals surface area (Å²) in [5, 5.41) is 11.7. The summed E-state index contributed by atoms with van der Waals surface area (Å²) in [5.74, 6) is 0.0203. The van der Waals surface area contributed by atoms with Crippen LogP contribution in [0.2, 0.25) is 0 Å². The maximum absolute atomic E-state index is 13.2. The lowest BCUT2D eigenvalue weighted by Crippen LogP contribution is -2.46. The molecule has 0 aromatic carbocycles. The van der Waals surface area contributed by atoms with Crippen LogP contribution in [-0.4, -0.2) is 72.3 Å². The van der Waals surface area contributed by atoms with E-state index >= 15 is 0 Å². The first-order valence-corrected chi connectivity index (χ1v) is 6.57. The minimum atomic E-state index is -1.25. The van der Waals surface area contributed by atoms with Crippen molar-refractivity contribution < 1.29 is 19.1 Å². The molecule has 0 radical (unpaired) electrons. The van der Waals surface area contributed by atoms with E-state index in [9.17, 15) is 14.0 Å². The average Bonchev–Trinajstić information content (AvgIpc) is 2.92. The predicted molar refractivity (Wildman–Crippen MR) is 66.6 cm³/mol. The molecule has 0 bridgehead atoms. The molecule has 2 aliphatic heterocycles. The second-order valence-corrected chi connectivity index (χ2v) is 5.45. The predicted octanol–water partition coefficient (Wildman–Crippen LogP) is 0.145. The van der Waals surface area contributed by atoms with Gasteiger partial charge in [-0.15, -0.1) is 0 Å². The highest BCUT2D eigenvalue weighted by Crippen LogP contribution is 2.21. The van der Waals surface area contributed by atoms with E-state index in [0.29, 0.717) is 12.5 Å². The SMILES string of the molecule is CN1CC[C@H](CNC(=O)[C@@H]2C[C@@H](F)CN2C(=O)O)C1. The number of rotatable bonds is 3. The van der Waals surface area contributed by atoms with Crippen LogP contribution >= 0.6 is 0 Å². The number of carbonyl (C=O) groups excluding carboxylic acids is 1. The summed E-state index contributed by atoms with van der Waals surface area (Å²) in [6, 6.07) is -0.883. The van der Waals surface area contributed by atoms with Gasteiger partial charge in [-0.2, -0.15) is 0 Å². The Morgan fingerprint density at radius 3 is 2.74 bits per heavy atom. The molecular formula is C12H20FN3O3. The second-order valence-electron chi connectivity index (χ2n) is 5.45. The smallest absolute Gasteiger partial charge is 0.408 e. The van der Waals surface area contributed by atoms with E-state index in [4.69, 9.17) is 5.11 Å². The highest BCUT2D eigenvalue weighted by molar-refractivity contribution is 5.86. The molecule has 2 aliphatic rings. The number of carboxylic acid groups (broad SMARTS) is 1. The van der Waals surface area contributed by atoms with Gasteiger partial charge in [-0.3, -0.25) is 9.69 Å². The van der Waals surface area contributed by atoms with Crippen LogP contribution in [0.15, 0.2) is 0 Å². The third-order valence-corrected chi connectivity index (χ3v) is 3.85. The molecule has 0 spiro atoms. The van der Waals surface area contributed by atoms with Crippen LogP contribution < -0.4 is 5.32 Å². The molecule has 2 amide bonds. The highest BCUT2D eigenvalue weighted by atomic mass is 19.1. The van der Waals surface area contributed by atoms with Gasteiger partial charge in [-0.25, -0.2) is 9.18 Å². The molecule has 2 rings (SSSR count). The summed E-state index contributed by atoms with van der Waals surface area (Å²) < 4.78 is 13.2. The van der Waals surface area contributed by atoms with Crippen LogP contribution in [0.1, 0.15) is 12.8 Å². The minimum Gasteiger partial charge on any atom is -0.465 e. The maximum atomic E-state index is 13.2. The normalized spacial score (nSPS) is 31.7. The third kappa shape index (κ3) is 3.34. The van der Waals surface area contributed by atoms with Gasteiger partial charge in [0.1, 0.15) is 12.2 Å². The molecule has 108 valence electrons. The van der Waals surface area contributed by atoms with E-state index in [1.165, 1.54) is 0 Å². The standard InChI is InChI=1S/C12H20FN3O3/c1-15-3-2-8(6-15)5-14-11(17)10-4-9(13)7-16(10)12(18)19/h8-10H,2-7H2,1H3,(H,14,17)(H,18,19)/t8-,9-,10+/m1/s1. The number of amides is 2. The number of nitrogens with zero attached hydrogens (tertiary/aromatic N) is 2. The number of alkyl halides is 1. The van der Waals surface area contributed by atoms with Crippen LogP contribution in [0, 0.1) is 5.92 Å². The van der Waals surface area contributed by atoms with Crippen molar-refractivity contribution in [1.82, 2.24) is 15.1 Å². The van der Waals surface area contributed by atoms with Crippen molar-refractivity contribution in [2.45, 2.75) is 25.1 Å². The monoisotopic (exact) mass is 273 g/mol. The number of carbonyl (C=O) groups is 2. The third-order valence-electron chi connectivity index (χ3n) is 3.85. The molecule has 3 atom stereocenters. The Morgan fingerprint density at radius 2 is 2.16 bits per heavy atom. The summed E-state index contributed by atoms with van der Waals surface area (Å²) in [7, 11) is 2.03. The van der Waals surface area contributed by atoms with Gasteiger partial charge in [0.25, 0.3) is 0 Å². The average molecular weight is 273 g/mol. The largest absolute Gasteiger partial charge is 0.465 e. The molecule has 0 aliphatic carbocycles. The van der Waals surface area contributed by atoms with E-state index in [-0.39, 0.29) is 18.9 Å². The first kappa shape index (κ1) is 14.0. The van der Waals surface area contributed by atoms with Crippen molar-refractivity contribution in [3.8, 4) is 0 Å². The summed E-state index contributed by atoms with van der Waals surface area (Å²) in [4.78, 5) is 26.0. The van der Waals surface area contributed by atoms with Gasteiger partial charge in [-0.1, -0.05) is 0 Å². The van der Waals surface area contributed by atoms with Crippen molar-refractivity contribution in [2.24, 2.45) is 5.92 Å². The fourth-order valence-corrected chi connectivity index (χ4v) is 2.80. The van der Waals surface area contributed by atoms with Crippen LogP contribution in [-0.2, 0) is 4.79 Å². The minimum absolute atomic E-state index is 0.0390. The Labute approximate surface area is 111 Å². The first-order valence-electron chi connectivity index (χ1n) is 6.57. The van der Waals surface area contributed by atoms with Gasteiger partial charge in [0.05, 0.1) is 6.54 Å². The van der Waals surface area contributed by atoms with Crippen molar-refractivity contribution in [1.29, 1.82) is 0 Å². The zero-order valence-electron chi connectivity index (χ0n) is 11.0. The number of likely N-dealkylation sites (tertiary alicyclic amines) is 2. The molecule has 2 N–H and O–H groups in total. The Kier molecular flexibility index (Phi) is 4.24. The Bertz CT molecular complexity index is 366. The zero-order chi connectivity index (χ0) is 14.0. The van der Waals surface area contributed by atoms with E-state index in [0.717, 1.165) is 24.4 Å². The van der Waals surface area contributed by atoms with Crippen molar-refractivity contribution >= 4 is 12.0 Å². The molecule has 6 nitrogen and oxygen atoms in total. The van der Waals surface area contributed by atoms with E-state index in [2.05, 4.69) is 10.2 Å². The molecule has 0 saturated carbocycles. The lowest BCUT2D eigenvalue weighted by molar-refractivity contribution is -0.125. The molecule has 0 aromatic heterocycles. The molecule has 0 unspecified atom stereocenters. The molecule has 7 heteroatoms. The van der Waals surface area contributed by atoms with Gasteiger partial charge in [0.2, 0.25) is 5.91 Å². The van der Waals surface area contributed by atoms with E-state index in [1.807, 2.05) is 7.05 Å². The number of hydrogen-bond acceptors (Lipinski definition) is 3.